The normalized spacial score (nSPS) is 10.7. The molecule has 27 heavy (non-hydrogen) atoms. The van der Waals surface area contributed by atoms with Gasteiger partial charge < -0.3 is 25.6 Å². The summed E-state index contributed by atoms with van der Waals surface area (Å²) in [4.78, 5) is 37.0. The zero-order valence-electron chi connectivity index (χ0n) is 14.6. The van der Waals surface area contributed by atoms with Crippen LogP contribution in [0.25, 0.3) is 11.2 Å². The van der Waals surface area contributed by atoms with E-state index in [-0.39, 0.29) is 11.9 Å². The number of anilines is 1. The third-order valence-corrected chi connectivity index (χ3v) is 3.88. The molecule has 9 nitrogen and oxygen atoms in total. The number of amides is 1. The second-order valence-electron chi connectivity index (χ2n) is 5.93. The van der Waals surface area contributed by atoms with Crippen molar-refractivity contribution in [1.82, 2.24) is 25.3 Å². The number of carbonyl (C=O) groups is 2. The Labute approximate surface area is 155 Å². The van der Waals surface area contributed by atoms with Gasteiger partial charge in [-0.25, -0.2) is 4.98 Å². The lowest BCUT2D eigenvalue weighted by molar-refractivity contribution is -0.121. The quantitative estimate of drug-likeness (QED) is 0.384. The highest BCUT2D eigenvalue weighted by Crippen LogP contribution is 2.20. The average Bonchev–Trinajstić information content (AvgIpc) is 3.14. The topological polar surface area (TPSA) is 136 Å². The maximum absolute atomic E-state index is 11.7. The fourth-order valence-corrected chi connectivity index (χ4v) is 2.47. The number of hydrogen-bond acceptors (Lipinski definition) is 7. The molecule has 0 aliphatic rings. The van der Waals surface area contributed by atoms with Crippen LogP contribution in [0.15, 0.2) is 30.6 Å². The van der Waals surface area contributed by atoms with Crippen molar-refractivity contribution in [3.05, 3.63) is 41.7 Å². The van der Waals surface area contributed by atoms with Crippen molar-refractivity contribution >= 4 is 29.3 Å². The summed E-state index contributed by atoms with van der Waals surface area (Å²) >= 11 is 0. The van der Waals surface area contributed by atoms with Gasteiger partial charge in [-0.2, -0.15) is 9.97 Å². The lowest BCUT2D eigenvalue weighted by Crippen LogP contribution is -2.22. The van der Waals surface area contributed by atoms with Gasteiger partial charge in [0.25, 0.3) is 0 Å². The highest BCUT2D eigenvalue weighted by atomic mass is 16.5. The average molecular weight is 368 g/mol. The number of rotatable bonds is 9. The molecule has 4 N–H and O–H groups in total. The molecule has 1 amide bonds. The summed E-state index contributed by atoms with van der Waals surface area (Å²) in [6.45, 7) is 0.751. The van der Waals surface area contributed by atoms with Crippen molar-refractivity contribution < 1.29 is 14.3 Å². The van der Waals surface area contributed by atoms with Gasteiger partial charge in [0.15, 0.2) is 5.65 Å². The molecular formula is C18H20N6O3. The molecule has 2 aromatic heterocycles. The zero-order chi connectivity index (χ0) is 19.1. The molecule has 0 fully saturated rings. The van der Waals surface area contributed by atoms with Gasteiger partial charge in [-0.15, -0.1) is 0 Å². The SMILES string of the molecule is Nc1nc(OCc2ccc(CNC(=O)CCCC=O)cc2)c2[nH]cnc2n1. The Morgan fingerprint density at radius 3 is 2.78 bits per heavy atom. The molecule has 1 aromatic carbocycles. The number of aromatic amines is 1. The molecule has 0 aliphatic heterocycles. The number of H-pyrrole nitrogens is 1. The molecule has 0 bridgehead atoms. The molecule has 0 radical (unpaired) electrons. The first kappa shape index (κ1) is 18.3. The number of fused-ring (bicyclic) bond motifs is 1. The molecule has 0 saturated carbocycles. The molecule has 9 heteroatoms. The van der Waals surface area contributed by atoms with Gasteiger partial charge in [0.2, 0.25) is 17.7 Å². The summed E-state index contributed by atoms with van der Waals surface area (Å²) in [7, 11) is 0. The molecule has 0 atom stereocenters. The zero-order valence-corrected chi connectivity index (χ0v) is 14.6. The van der Waals surface area contributed by atoms with E-state index in [0.717, 1.165) is 17.4 Å². The van der Waals surface area contributed by atoms with Gasteiger partial charge in [0, 0.05) is 19.4 Å². The van der Waals surface area contributed by atoms with Gasteiger partial charge in [-0.3, -0.25) is 4.79 Å². The number of benzene rings is 1. The lowest BCUT2D eigenvalue weighted by atomic mass is 10.1. The molecule has 0 spiro atoms. The van der Waals surface area contributed by atoms with Gasteiger partial charge in [0.05, 0.1) is 6.33 Å². The van der Waals surface area contributed by atoms with Crippen LogP contribution in [0.3, 0.4) is 0 Å². The number of aldehydes is 1. The highest BCUT2D eigenvalue weighted by molar-refractivity contribution is 5.77. The van der Waals surface area contributed by atoms with E-state index in [4.69, 9.17) is 10.5 Å². The van der Waals surface area contributed by atoms with Crippen molar-refractivity contribution in [3.8, 4) is 5.88 Å². The number of hydrogen-bond donors (Lipinski definition) is 3. The molecule has 140 valence electrons. The molecular weight excluding hydrogens is 348 g/mol. The number of nitrogen functional groups attached to an aromatic ring is 1. The first-order valence-corrected chi connectivity index (χ1v) is 8.53. The van der Waals surface area contributed by atoms with Crippen LogP contribution in [0.1, 0.15) is 30.4 Å². The van der Waals surface area contributed by atoms with E-state index in [9.17, 15) is 9.59 Å². The van der Waals surface area contributed by atoms with Crippen LogP contribution in [0.5, 0.6) is 5.88 Å². The van der Waals surface area contributed by atoms with Crippen molar-refractivity contribution in [2.24, 2.45) is 0 Å². The summed E-state index contributed by atoms with van der Waals surface area (Å²) in [5.74, 6) is 0.389. The van der Waals surface area contributed by atoms with Crippen LogP contribution in [-0.2, 0) is 22.7 Å². The van der Waals surface area contributed by atoms with E-state index in [0.29, 0.717) is 49.5 Å². The van der Waals surface area contributed by atoms with Crippen LogP contribution in [0.2, 0.25) is 0 Å². The highest BCUT2D eigenvalue weighted by Gasteiger charge is 2.10. The van der Waals surface area contributed by atoms with E-state index in [1.54, 1.807) is 0 Å². The lowest BCUT2D eigenvalue weighted by Gasteiger charge is -2.08. The molecule has 2 heterocycles. The Kier molecular flexibility index (Phi) is 5.93. The third kappa shape index (κ3) is 5.00. The van der Waals surface area contributed by atoms with Gasteiger partial charge in [-0.05, 0) is 17.5 Å². The Morgan fingerprint density at radius 2 is 2.00 bits per heavy atom. The Bertz CT molecular complexity index is 922. The molecule has 0 aliphatic carbocycles. The molecule has 3 aromatic rings. The summed E-state index contributed by atoms with van der Waals surface area (Å²) in [5, 5.41) is 2.83. The van der Waals surface area contributed by atoms with Crippen LogP contribution in [0.4, 0.5) is 5.95 Å². The van der Waals surface area contributed by atoms with Crippen molar-refractivity contribution in [1.29, 1.82) is 0 Å². The fourth-order valence-electron chi connectivity index (χ4n) is 2.47. The van der Waals surface area contributed by atoms with Crippen LogP contribution in [-0.4, -0.2) is 32.1 Å². The van der Waals surface area contributed by atoms with Crippen molar-refractivity contribution in [2.75, 3.05) is 5.73 Å². The van der Waals surface area contributed by atoms with Crippen molar-refractivity contribution in [2.45, 2.75) is 32.4 Å². The van der Waals surface area contributed by atoms with Gasteiger partial charge >= 0.3 is 0 Å². The largest absolute Gasteiger partial charge is 0.471 e. The smallest absolute Gasteiger partial charge is 0.245 e. The molecule has 3 rings (SSSR count). The number of ether oxygens (including phenoxy) is 1. The minimum absolute atomic E-state index is 0.0609. The van der Waals surface area contributed by atoms with Crippen LogP contribution >= 0.6 is 0 Å². The summed E-state index contributed by atoms with van der Waals surface area (Å²) in [6.07, 6.45) is 3.66. The fraction of sp³-hybridized carbons (Fsp3) is 0.278. The standard InChI is InChI=1S/C18H20N6O3/c19-18-23-16-15(21-11-22-16)17(24-18)27-10-13-6-4-12(5-7-13)9-20-14(26)3-1-2-8-25/h4-8,11H,1-3,9-10H2,(H,20,26)(H3,19,21,22,23,24). The number of carbonyl (C=O) groups excluding carboxylic acids is 2. The van der Waals surface area contributed by atoms with Crippen molar-refractivity contribution in [3.63, 3.8) is 0 Å². The number of unbranched alkanes of at least 4 members (excludes halogenated alkanes) is 1. The second kappa shape index (κ2) is 8.75. The Balaban J connectivity index is 1.52. The summed E-state index contributed by atoms with van der Waals surface area (Å²) in [6, 6.07) is 7.68. The predicted octanol–water partition coefficient (Wildman–Crippen LogP) is 1.50. The van der Waals surface area contributed by atoms with Crippen LogP contribution < -0.4 is 15.8 Å². The van der Waals surface area contributed by atoms with E-state index in [1.807, 2.05) is 24.3 Å². The van der Waals surface area contributed by atoms with Gasteiger partial charge in [0.1, 0.15) is 18.4 Å². The number of imidazole rings is 1. The number of aromatic nitrogens is 4. The Morgan fingerprint density at radius 1 is 1.22 bits per heavy atom. The predicted molar refractivity (Wildman–Crippen MR) is 98.6 cm³/mol. The molecule has 0 unspecified atom stereocenters. The first-order valence-electron chi connectivity index (χ1n) is 8.53. The van der Waals surface area contributed by atoms with Gasteiger partial charge in [-0.1, -0.05) is 24.3 Å². The third-order valence-electron chi connectivity index (χ3n) is 3.88. The van der Waals surface area contributed by atoms with E-state index in [1.165, 1.54) is 6.33 Å². The number of nitrogens with two attached hydrogens (primary N) is 1. The number of nitrogens with one attached hydrogen (secondary N) is 2. The van der Waals surface area contributed by atoms with E-state index in [2.05, 4.69) is 25.3 Å². The van der Waals surface area contributed by atoms with E-state index < -0.39 is 0 Å². The second-order valence-corrected chi connectivity index (χ2v) is 5.93. The maximum atomic E-state index is 11.7. The minimum Gasteiger partial charge on any atom is -0.471 e. The van der Waals surface area contributed by atoms with Crippen LogP contribution in [0, 0.1) is 0 Å². The summed E-state index contributed by atoms with van der Waals surface area (Å²) in [5.41, 5.74) is 8.63. The Hall–Kier alpha value is -3.49. The first-order chi connectivity index (χ1) is 13.2. The maximum Gasteiger partial charge on any atom is 0.245 e. The summed E-state index contributed by atoms with van der Waals surface area (Å²) < 4.78 is 5.74. The minimum atomic E-state index is -0.0609. The number of nitrogens with zero attached hydrogens (tertiary/aromatic N) is 3. The monoisotopic (exact) mass is 368 g/mol. The molecule has 0 saturated heterocycles. The van der Waals surface area contributed by atoms with E-state index >= 15 is 0 Å².